The summed E-state index contributed by atoms with van der Waals surface area (Å²) in [5, 5.41) is 1.09. The van der Waals surface area contributed by atoms with Crippen LogP contribution in [0.1, 0.15) is 24.6 Å². The van der Waals surface area contributed by atoms with Gasteiger partial charge >= 0.3 is 0 Å². The van der Waals surface area contributed by atoms with Crippen LogP contribution >= 0.6 is 0 Å². The molecule has 1 aromatic carbocycles. The Labute approximate surface area is 95.3 Å². The van der Waals surface area contributed by atoms with Gasteiger partial charge in [0.15, 0.2) is 0 Å². The monoisotopic (exact) mass is 213 g/mol. The van der Waals surface area contributed by atoms with Crippen LogP contribution in [0.25, 0.3) is 10.9 Å². The molecule has 0 aliphatic heterocycles. The zero-order valence-electron chi connectivity index (χ0n) is 9.66. The van der Waals surface area contributed by atoms with Gasteiger partial charge in [-0.1, -0.05) is 25.1 Å². The summed E-state index contributed by atoms with van der Waals surface area (Å²) in [6.07, 6.45) is 1.11. The van der Waals surface area contributed by atoms with Gasteiger partial charge < -0.3 is 0 Å². The third-order valence-electron chi connectivity index (χ3n) is 2.71. The second kappa shape index (κ2) is 4.44. The molecule has 0 saturated carbocycles. The lowest BCUT2D eigenvalue weighted by Gasteiger charge is -2.06. The molecular weight excluding hydrogens is 198 g/mol. The molecule has 0 aliphatic rings. The number of carbonyl (C=O) groups excluding carboxylic acids is 1. The van der Waals surface area contributed by atoms with Crippen LogP contribution in [-0.2, 0) is 11.2 Å². The molecule has 16 heavy (non-hydrogen) atoms. The molecule has 2 aromatic rings. The quantitative estimate of drug-likeness (QED) is 0.784. The normalized spacial score (nSPS) is 10.6. The van der Waals surface area contributed by atoms with Crippen LogP contribution in [0.2, 0.25) is 0 Å². The lowest BCUT2D eigenvalue weighted by Crippen LogP contribution is -2.02. The number of fused-ring (bicyclic) bond motifs is 1. The number of aryl methyl sites for hydroxylation is 1. The number of Topliss-reactive ketones (excluding diaryl/α,β-unsaturated/α-hetero) is 1. The second-order valence-electron chi connectivity index (χ2n) is 4.01. The van der Waals surface area contributed by atoms with Crippen molar-refractivity contribution in [2.45, 2.75) is 26.7 Å². The number of rotatable bonds is 3. The average molecular weight is 213 g/mol. The van der Waals surface area contributed by atoms with Crippen LogP contribution in [0.3, 0.4) is 0 Å². The summed E-state index contributed by atoms with van der Waals surface area (Å²) in [5.74, 6) is 0.274. The molecule has 2 rings (SSSR count). The van der Waals surface area contributed by atoms with Crippen molar-refractivity contribution in [2.75, 3.05) is 0 Å². The van der Waals surface area contributed by atoms with Crippen molar-refractivity contribution in [1.29, 1.82) is 0 Å². The van der Waals surface area contributed by atoms with Gasteiger partial charge in [-0.3, -0.25) is 9.78 Å². The van der Waals surface area contributed by atoms with E-state index in [1.165, 1.54) is 0 Å². The molecule has 0 spiro atoms. The Bertz CT molecular complexity index is 531. The number of ketones is 1. The summed E-state index contributed by atoms with van der Waals surface area (Å²) in [5.41, 5.74) is 3.04. The lowest BCUT2D eigenvalue weighted by atomic mass is 10.0. The maximum atomic E-state index is 11.5. The highest BCUT2D eigenvalue weighted by Gasteiger charge is 2.06. The number of benzene rings is 1. The van der Waals surface area contributed by atoms with Gasteiger partial charge in [-0.25, -0.2) is 0 Å². The number of aromatic nitrogens is 1. The molecule has 1 heterocycles. The Kier molecular flexibility index (Phi) is 3.00. The standard InChI is InChI=1S/C14H15NO/c1-3-12(16)9-11-8-10(2)15-14-7-5-4-6-13(11)14/h4-8H,3,9H2,1-2H3. The van der Waals surface area contributed by atoms with E-state index in [2.05, 4.69) is 4.98 Å². The minimum Gasteiger partial charge on any atom is -0.299 e. The van der Waals surface area contributed by atoms with E-state index >= 15 is 0 Å². The van der Waals surface area contributed by atoms with E-state index in [9.17, 15) is 4.79 Å². The first kappa shape index (κ1) is 10.8. The SMILES string of the molecule is CCC(=O)Cc1cc(C)nc2ccccc12. The van der Waals surface area contributed by atoms with E-state index in [1.54, 1.807) is 0 Å². The molecule has 0 aliphatic carbocycles. The largest absolute Gasteiger partial charge is 0.299 e. The Morgan fingerprint density at radius 1 is 1.31 bits per heavy atom. The predicted octanol–water partition coefficient (Wildman–Crippen LogP) is 3.06. The Hall–Kier alpha value is -1.70. The zero-order chi connectivity index (χ0) is 11.5. The van der Waals surface area contributed by atoms with Gasteiger partial charge in [-0.05, 0) is 24.6 Å². The van der Waals surface area contributed by atoms with Crippen molar-refractivity contribution in [3.05, 3.63) is 41.6 Å². The topological polar surface area (TPSA) is 30.0 Å². The molecule has 0 radical (unpaired) electrons. The van der Waals surface area contributed by atoms with Gasteiger partial charge in [0.25, 0.3) is 0 Å². The molecule has 0 N–H and O–H groups in total. The minimum absolute atomic E-state index is 0.274. The first-order chi connectivity index (χ1) is 7.70. The summed E-state index contributed by atoms with van der Waals surface area (Å²) in [4.78, 5) is 16.0. The fourth-order valence-corrected chi connectivity index (χ4v) is 1.88. The van der Waals surface area contributed by atoms with Crippen LogP contribution in [-0.4, -0.2) is 10.8 Å². The minimum atomic E-state index is 0.274. The highest BCUT2D eigenvalue weighted by molar-refractivity contribution is 5.89. The maximum Gasteiger partial charge on any atom is 0.137 e. The Balaban J connectivity index is 2.54. The number of carbonyl (C=O) groups is 1. The van der Waals surface area contributed by atoms with Crippen molar-refractivity contribution >= 4 is 16.7 Å². The maximum absolute atomic E-state index is 11.5. The molecule has 2 nitrogen and oxygen atoms in total. The zero-order valence-corrected chi connectivity index (χ0v) is 9.66. The van der Waals surface area contributed by atoms with Gasteiger partial charge in [0, 0.05) is 23.9 Å². The molecule has 2 heteroatoms. The van der Waals surface area contributed by atoms with Crippen LogP contribution in [0.5, 0.6) is 0 Å². The molecular formula is C14H15NO. The van der Waals surface area contributed by atoms with Crippen molar-refractivity contribution < 1.29 is 4.79 Å². The van der Waals surface area contributed by atoms with Crippen LogP contribution in [0, 0.1) is 6.92 Å². The third kappa shape index (κ3) is 2.11. The summed E-state index contributed by atoms with van der Waals surface area (Å²) < 4.78 is 0. The number of hydrogen-bond donors (Lipinski definition) is 0. The van der Waals surface area contributed by atoms with Crippen molar-refractivity contribution in [2.24, 2.45) is 0 Å². The van der Waals surface area contributed by atoms with Gasteiger partial charge in [0.2, 0.25) is 0 Å². The predicted molar refractivity (Wildman–Crippen MR) is 65.5 cm³/mol. The fraction of sp³-hybridized carbons (Fsp3) is 0.286. The molecule has 0 atom stereocenters. The molecule has 1 aromatic heterocycles. The van der Waals surface area contributed by atoms with Crippen molar-refractivity contribution in [1.82, 2.24) is 4.98 Å². The van der Waals surface area contributed by atoms with Gasteiger partial charge in [-0.2, -0.15) is 0 Å². The first-order valence-electron chi connectivity index (χ1n) is 5.57. The average Bonchev–Trinajstić information content (AvgIpc) is 2.28. The number of para-hydroxylation sites is 1. The van der Waals surface area contributed by atoms with E-state index in [0.717, 1.165) is 22.2 Å². The van der Waals surface area contributed by atoms with E-state index in [4.69, 9.17) is 0 Å². The molecule has 0 saturated heterocycles. The molecule has 0 unspecified atom stereocenters. The Morgan fingerprint density at radius 2 is 2.06 bits per heavy atom. The van der Waals surface area contributed by atoms with Crippen LogP contribution < -0.4 is 0 Å². The van der Waals surface area contributed by atoms with E-state index in [-0.39, 0.29) is 5.78 Å². The van der Waals surface area contributed by atoms with Crippen LogP contribution in [0.15, 0.2) is 30.3 Å². The van der Waals surface area contributed by atoms with Crippen molar-refractivity contribution in [3.8, 4) is 0 Å². The number of pyridine rings is 1. The highest BCUT2D eigenvalue weighted by atomic mass is 16.1. The summed E-state index contributed by atoms with van der Waals surface area (Å²) in [6.45, 7) is 3.87. The first-order valence-corrected chi connectivity index (χ1v) is 5.57. The van der Waals surface area contributed by atoms with E-state index in [0.29, 0.717) is 12.8 Å². The molecule has 0 amide bonds. The van der Waals surface area contributed by atoms with Gasteiger partial charge in [0.05, 0.1) is 5.52 Å². The van der Waals surface area contributed by atoms with Gasteiger partial charge in [0.1, 0.15) is 5.78 Å². The van der Waals surface area contributed by atoms with Crippen molar-refractivity contribution in [3.63, 3.8) is 0 Å². The number of nitrogens with zero attached hydrogens (tertiary/aromatic N) is 1. The third-order valence-corrected chi connectivity index (χ3v) is 2.71. The molecule has 0 bridgehead atoms. The van der Waals surface area contributed by atoms with Gasteiger partial charge in [-0.15, -0.1) is 0 Å². The van der Waals surface area contributed by atoms with Crippen LogP contribution in [0.4, 0.5) is 0 Å². The lowest BCUT2D eigenvalue weighted by molar-refractivity contribution is -0.118. The second-order valence-corrected chi connectivity index (χ2v) is 4.01. The molecule has 82 valence electrons. The summed E-state index contributed by atoms with van der Waals surface area (Å²) in [7, 11) is 0. The highest BCUT2D eigenvalue weighted by Crippen LogP contribution is 2.19. The fourth-order valence-electron chi connectivity index (χ4n) is 1.88. The number of hydrogen-bond acceptors (Lipinski definition) is 2. The van der Waals surface area contributed by atoms with E-state index < -0.39 is 0 Å². The summed E-state index contributed by atoms with van der Waals surface area (Å²) >= 11 is 0. The molecule has 0 fully saturated rings. The summed E-state index contributed by atoms with van der Waals surface area (Å²) in [6, 6.07) is 9.98. The Morgan fingerprint density at radius 3 is 2.81 bits per heavy atom. The smallest absolute Gasteiger partial charge is 0.137 e. The van der Waals surface area contributed by atoms with E-state index in [1.807, 2.05) is 44.2 Å².